The summed E-state index contributed by atoms with van der Waals surface area (Å²) >= 11 is 0. The molecule has 1 aliphatic heterocycles. The molecule has 0 N–H and O–H groups in total. The number of ketones is 1. The summed E-state index contributed by atoms with van der Waals surface area (Å²) in [7, 11) is 0. The molecule has 23 heavy (non-hydrogen) atoms. The van der Waals surface area contributed by atoms with E-state index in [0.717, 1.165) is 11.1 Å². The molecule has 3 nitrogen and oxygen atoms in total. The minimum atomic E-state index is -0.145. The molecule has 3 rings (SSSR count). The fourth-order valence-electron chi connectivity index (χ4n) is 2.96. The summed E-state index contributed by atoms with van der Waals surface area (Å²) in [6, 6.07) is 19.6. The number of nitrogens with zero attached hydrogens (tertiary/aromatic N) is 1. The second kappa shape index (κ2) is 6.61. The molecule has 1 unspecified atom stereocenters. The molecule has 1 atom stereocenters. The molecule has 1 amide bonds. The monoisotopic (exact) mass is 305 g/mol. The molecule has 0 bridgehead atoms. The van der Waals surface area contributed by atoms with E-state index in [4.69, 9.17) is 0 Å². The Morgan fingerprint density at radius 3 is 2.26 bits per heavy atom. The van der Waals surface area contributed by atoms with E-state index < -0.39 is 0 Å². The summed E-state index contributed by atoms with van der Waals surface area (Å²) in [5, 5.41) is 0. The first-order valence-electron chi connectivity index (χ1n) is 7.76. The Balaban J connectivity index is 1.91. The third-order valence-corrected chi connectivity index (χ3v) is 4.17. The van der Waals surface area contributed by atoms with Gasteiger partial charge < -0.3 is 4.90 Å². The van der Waals surface area contributed by atoms with Gasteiger partial charge in [-0.2, -0.15) is 0 Å². The molecule has 0 aliphatic carbocycles. The predicted molar refractivity (Wildman–Crippen MR) is 89.6 cm³/mol. The van der Waals surface area contributed by atoms with Crippen LogP contribution in [0, 0.1) is 0 Å². The number of carbonyl (C=O) groups excluding carboxylic acids is 2. The maximum absolute atomic E-state index is 12.5. The maximum atomic E-state index is 12.5. The maximum Gasteiger partial charge on any atom is 0.227 e. The van der Waals surface area contributed by atoms with Crippen molar-refractivity contribution in [2.45, 2.75) is 25.8 Å². The average Bonchev–Trinajstić information content (AvgIpc) is 2.58. The molecule has 0 spiro atoms. The van der Waals surface area contributed by atoms with Crippen molar-refractivity contribution >= 4 is 11.7 Å². The molecule has 0 fully saturated rings. The highest BCUT2D eigenvalue weighted by Crippen LogP contribution is 2.33. The number of allylic oxidation sites excluding steroid dienone is 1. The van der Waals surface area contributed by atoms with Crippen LogP contribution in [-0.2, 0) is 16.1 Å². The molecule has 0 saturated carbocycles. The molecule has 0 aromatic heterocycles. The van der Waals surface area contributed by atoms with Crippen molar-refractivity contribution in [2.75, 3.05) is 0 Å². The van der Waals surface area contributed by atoms with Gasteiger partial charge in [-0.1, -0.05) is 60.7 Å². The Labute approximate surface area is 136 Å². The Kier molecular flexibility index (Phi) is 4.38. The van der Waals surface area contributed by atoms with Gasteiger partial charge in [-0.05, 0) is 18.1 Å². The molecule has 116 valence electrons. The lowest BCUT2D eigenvalue weighted by Crippen LogP contribution is -2.33. The minimum Gasteiger partial charge on any atom is -0.314 e. The van der Waals surface area contributed by atoms with Gasteiger partial charge in [-0.15, -0.1) is 0 Å². The molecule has 1 aliphatic rings. The third kappa shape index (κ3) is 3.39. The summed E-state index contributed by atoms with van der Waals surface area (Å²) in [5.41, 5.74) is 2.77. The molecule has 3 heteroatoms. The number of amides is 1. The number of hydrogen-bond acceptors (Lipinski definition) is 2. The lowest BCUT2D eigenvalue weighted by atomic mass is 9.84. The molecule has 0 saturated heterocycles. The van der Waals surface area contributed by atoms with Gasteiger partial charge in [0.15, 0.2) is 5.78 Å². The number of benzene rings is 2. The Morgan fingerprint density at radius 1 is 1.04 bits per heavy atom. The van der Waals surface area contributed by atoms with Gasteiger partial charge in [0.2, 0.25) is 5.91 Å². The van der Waals surface area contributed by atoms with E-state index in [1.54, 1.807) is 18.0 Å². The second-order valence-corrected chi connectivity index (χ2v) is 5.82. The van der Waals surface area contributed by atoms with Crippen LogP contribution in [0.2, 0.25) is 0 Å². The molecule has 1 heterocycles. The van der Waals surface area contributed by atoms with Gasteiger partial charge in [0.25, 0.3) is 0 Å². The van der Waals surface area contributed by atoms with E-state index in [1.807, 2.05) is 60.7 Å². The van der Waals surface area contributed by atoms with Crippen molar-refractivity contribution < 1.29 is 9.59 Å². The minimum absolute atomic E-state index is 0.0180. The quantitative estimate of drug-likeness (QED) is 0.864. The van der Waals surface area contributed by atoms with Crippen LogP contribution < -0.4 is 0 Å². The topological polar surface area (TPSA) is 37.4 Å². The van der Waals surface area contributed by atoms with Crippen molar-refractivity contribution in [2.24, 2.45) is 0 Å². The zero-order chi connectivity index (χ0) is 16.2. The lowest BCUT2D eigenvalue weighted by Gasteiger charge is -2.30. The van der Waals surface area contributed by atoms with Crippen LogP contribution >= 0.6 is 0 Å². The van der Waals surface area contributed by atoms with Gasteiger partial charge in [0.05, 0.1) is 6.54 Å². The van der Waals surface area contributed by atoms with E-state index in [2.05, 4.69) is 0 Å². The highest BCUT2D eigenvalue weighted by atomic mass is 16.2. The van der Waals surface area contributed by atoms with Crippen LogP contribution in [0.4, 0.5) is 0 Å². The van der Waals surface area contributed by atoms with Crippen LogP contribution in [0.1, 0.15) is 30.4 Å². The van der Waals surface area contributed by atoms with E-state index in [0.29, 0.717) is 18.5 Å². The average molecular weight is 305 g/mol. The first-order valence-corrected chi connectivity index (χ1v) is 7.76. The van der Waals surface area contributed by atoms with Crippen LogP contribution in [0.5, 0.6) is 0 Å². The summed E-state index contributed by atoms with van der Waals surface area (Å²) in [6.45, 7) is 2.07. The van der Waals surface area contributed by atoms with E-state index >= 15 is 0 Å². The SMILES string of the molecule is CC(=O)C1=CN(Cc2ccccc2)C(=O)CC1c1ccccc1. The largest absolute Gasteiger partial charge is 0.314 e. The van der Waals surface area contributed by atoms with E-state index in [-0.39, 0.29) is 17.6 Å². The number of rotatable bonds is 4. The number of Topliss-reactive ketones (excluding diaryl/α,β-unsaturated/α-hetero) is 1. The van der Waals surface area contributed by atoms with E-state index in [1.165, 1.54) is 0 Å². The zero-order valence-electron chi connectivity index (χ0n) is 13.1. The predicted octanol–water partition coefficient (Wildman–Crippen LogP) is 3.68. The summed E-state index contributed by atoms with van der Waals surface area (Å²) < 4.78 is 0. The van der Waals surface area contributed by atoms with Crippen molar-refractivity contribution in [3.05, 3.63) is 83.6 Å². The van der Waals surface area contributed by atoms with Crippen molar-refractivity contribution in [1.29, 1.82) is 0 Å². The lowest BCUT2D eigenvalue weighted by molar-refractivity contribution is -0.130. The van der Waals surface area contributed by atoms with Crippen LogP contribution in [0.3, 0.4) is 0 Å². The fourth-order valence-corrected chi connectivity index (χ4v) is 2.96. The first kappa shape index (κ1) is 15.2. The Hall–Kier alpha value is -2.68. The standard InChI is InChI=1S/C20H19NO2/c1-15(22)19-14-21(13-16-8-4-2-5-9-16)20(23)12-18(19)17-10-6-3-7-11-17/h2-11,14,18H,12-13H2,1H3. The molecule has 2 aromatic rings. The van der Waals surface area contributed by atoms with E-state index in [9.17, 15) is 9.59 Å². The van der Waals surface area contributed by atoms with Crippen LogP contribution in [0.25, 0.3) is 0 Å². The summed E-state index contributed by atoms with van der Waals surface area (Å²) in [4.78, 5) is 26.3. The first-order chi connectivity index (χ1) is 11.1. The Bertz CT molecular complexity index is 735. The molecule has 2 aromatic carbocycles. The van der Waals surface area contributed by atoms with Gasteiger partial charge in [0, 0.05) is 24.1 Å². The van der Waals surface area contributed by atoms with Crippen molar-refractivity contribution in [3.8, 4) is 0 Å². The van der Waals surface area contributed by atoms with Crippen LogP contribution in [-0.4, -0.2) is 16.6 Å². The summed E-state index contributed by atoms with van der Waals surface area (Å²) in [5.74, 6) is -0.0784. The smallest absolute Gasteiger partial charge is 0.227 e. The fraction of sp³-hybridized carbons (Fsp3) is 0.200. The Morgan fingerprint density at radius 2 is 1.65 bits per heavy atom. The molecular formula is C20H19NO2. The number of hydrogen-bond donors (Lipinski definition) is 0. The van der Waals surface area contributed by atoms with Gasteiger partial charge in [0.1, 0.15) is 0 Å². The summed E-state index contributed by atoms with van der Waals surface area (Å²) in [6.07, 6.45) is 2.07. The second-order valence-electron chi connectivity index (χ2n) is 5.82. The highest BCUT2D eigenvalue weighted by molar-refractivity contribution is 5.98. The van der Waals surface area contributed by atoms with Gasteiger partial charge in [-0.25, -0.2) is 0 Å². The molecular weight excluding hydrogens is 286 g/mol. The van der Waals surface area contributed by atoms with Gasteiger partial charge in [-0.3, -0.25) is 9.59 Å². The highest BCUT2D eigenvalue weighted by Gasteiger charge is 2.30. The van der Waals surface area contributed by atoms with Crippen molar-refractivity contribution in [1.82, 2.24) is 4.90 Å². The van der Waals surface area contributed by atoms with Crippen molar-refractivity contribution in [3.63, 3.8) is 0 Å². The molecule has 0 radical (unpaired) electrons. The normalized spacial score (nSPS) is 17.8. The zero-order valence-corrected chi connectivity index (χ0v) is 13.1. The number of carbonyl (C=O) groups is 2. The third-order valence-electron chi connectivity index (χ3n) is 4.17. The van der Waals surface area contributed by atoms with Crippen LogP contribution in [0.15, 0.2) is 72.4 Å². The van der Waals surface area contributed by atoms with Gasteiger partial charge >= 0.3 is 0 Å².